The van der Waals surface area contributed by atoms with Crippen LogP contribution in [-0.4, -0.2) is 0 Å². The topological polar surface area (TPSA) is 13.1 Å². The van der Waals surface area contributed by atoms with Crippen LogP contribution in [-0.2, 0) is 0 Å². The highest BCUT2D eigenvalue weighted by atomic mass is 16.3. The first-order valence-corrected chi connectivity index (χ1v) is 16.5. The Kier molecular flexibility index (Phi) is 5.38. The van der Waals surface area contributed by atoms with Crippen LogP contribution < -0.4 is 0 Å². The van der Waals surface area contributed by atoms with Gasteiger partial charge < -0.3 is 4.42 Å². The smallest absolute Gasteiger partial charge is 0.136 e. The van der Waals surface area contributed by atoms with Crippen molar-refractivity contribution in [3.8, 4) is 44.5 Å². The van der Waals surface area contributed by atoms with E-state index >= 15 is 0 Å². The van der Waals surface area contributed by atoms with Gasteiger partial charge in [-0.1, -0.05) is 152 Å². The van der Waals surface area contributed by atoms with Gasteiger partial charge in [-0.2, -0.15) is 0 Å². The Hall–Kier alpha value is -6.44. The molecule has 1 aromatic heterocycles. The predicted molar refractivity (Wildman–Crippen MR) is 208 cm³/mol. The molecule has 1 nitrogen and oxygen atoms in total. The fourth-order valence-electron chi connectivity index (χ4n) is 7.51. The Morgan fingerprint density at radius 1 is 0.388 bits per heavy atom. The minimum Gasteiger partial charge on any atom is -0.456 e. The monoisotopic (exact) mass is 626 g/mol. The molecule has 0 atom stereocenters. The SMILES string of the molecule is [2H]c1c([2H])c(-c2ccc3oc4cccc(-c5ccc6ccccc6c5)c4c3c2)c([2H])c(-c2c3ccccc3c(-c3ccccc3)c3ccccc23)c1[2H]. The Morgan fingerprint density at radius 2 is 1.02 bits per heavy atom. The summed E-state index contributed by atoms with van der Waals surface area (Å²) in [7, 11) is 0. The number of fused-ring (bicyclic) bond motifs is 6. The van der Waals surface area contributed by atoms with Crippen molar-refractivity contribution in [1.29, 1.82) is 0 Å². The maximum Gasteiger partial charge on any atom is 0.136 e. The zero-order valence-corrected chi connectivity index (χ0v) is 26.4. The van der Waals surface area contributed by atoms with E-state index in [1.165, 1.54) is 5.39 Å². The standard InChI is InChI=1S/C48H30O/c1-2-13-32(14-3-1)46-39-18-6-8-20-41(39)47(42-21-9-7-19-40(42)46)37-17-10-16-34(29-37)35-26-27-44-43(30-35)48-38(22-11-23-45(48)49-44)36-25-24-31-12-4-5-15-33(31)28-36/h1-30H/i10D,16D,17D,29D. The first kappa shape index (κ1) is 23.8. The van der Waals surface area contributed by atoms with E-state index in [0.29, 0.717) is 22.3 Å². The van der Waals surface area contributed by atoms with Crippen molar-refractivity contribution in [3.05, 3.63) is 182 Å². The van der Waals surface area contributed by atoms with E-state index in [2.05, 4.69) is 60.7 Å². The van der Waals surface area contributed by atoms with Gasteiger partial charge in [-0.05, 0) is 107 Å². The largest absolute Gasteiger partial charge is 0.456 e. The normalized spacial score (nSPS) is 12.8. The average molecular weight is 627 g/mol. The number of furan rings is 1. The highest BCUT2D eigenvalue weighted by Crippen LogP contribution is 2.45. The summed E-state index contributed by atoms with van der Waals surface area (Å²) in [6, 6.07) is 52.7. The third-order valence-electron chi connectivity index (χ3n) is 9.71. The van der Waals surface area contributed by atoms with Gasteiger partial charge in [-0.15, -0.1) is 0 Å². The lowest BCUT2D eigenvalue weighted by atomic mass is 9.85. The predicted octanol–water partition coefficient (Wildman–Crippen LogP) is 13.7. The van der Waals surface area contributed by atoms with Crippen molar-refractivity contribution in [2.24, 2.45) is 0 Å². The third-order valence-corrected chi connectivity index (χ3v) is 9.71. The molecule has 9 aromatic carbocycles. The number of rotatable bonds is 4. The van der Waals surface area contributed by atoms with Crippen LogP contribution in [0, 0.1) is 0 Å². The molecule has 10 aromatic rings. The maximum absolute atomic E-state index is 9.81. The van der Waals surface area contributed by atoms with Crippen LogP contribution in [0.4, 0.5) is 0 Å². The van der Waals surface area contributed by atoms with Gasteiger partial charge in [0.05, 0.1) is 5.48 Å². The molecule has 0 spiro atoms. The Balaban J connectivity index is 1.24. The lowest BCUT2D eigenvalue weighted by molar-refractivity contribution is 0.669. The van der Waals surface area contributed by atoms with Gasteiger partial charge in [-0.3, -0.25) is 0 Å². The maximum atomic E-state index is 9.81. The Labute approximate surface area is 289 Å². The Bertz CT molecular complexity index is 3050. The number of hydrogen-bond acceptors (Lipinski definition) is 1. The Morgan fingerprint density at radius 3 is 1.78 bits per heavy atom. The van der Waals surface area contributed by atoms with Crippen LogP contribution in [0.5, 0.6) is 0 Å². The molecule has 49 heavy (non-hydrogen) atoms. The van der Waals surface area contributed by atoms with E-state index in [9.17, 15) is 4.11 Å². The summed E-state index contributed by atoms with van der Waals surface area (Å²) in [5.41, 5.74) is 7.74. The second kappa shape index (κ2) is 11.1. The van der Waals surface area contributed by atoms with E-state index in [1.807, 2.05) is 97.1 Å². The molecule has 1 heterocycles. The van der Waals surface area contributed by atoms with Gasteiger partial charge >= 0.3 is 0 Å². The summed E-state index contributed by atoms with van der Waals surface area (Å²) in [4.78, 5) is 0. The molecular formula is C48H30O. The van der Waals surface area contributed by atoms with Crippen LogP contribution in [0.1, 0.15) is 5.48 Å². The highest BCUT2D eigenvalue weighted by molar-refractivity contribution is 6.21. The molecule has 0 unspecified atom stereocenters. The van der Waals surface area contributed by atoms with Gasteiger partial charge in [0, 0.05) is 10.8 Å². The van der Waals surface area contributed by atoms with Crippen molar-refractivity contribution in [3.63, 3.8) is 0 Å². The van der Waals surface area contributed by atoms with Crippen LogP contribution in [0.25, 0.3) is 98.8 Å². The fourth-order valence-corrected chi connectivity index (χ4v) is 7.51. The number of hydrogen-bond donors (Lipinski definition) is 0. The quantitative estimate of drug-likeness (QED) is 0.177. The van der Waals surface area contributed by atoms with E-state index in [-0.39, 0.29) is 24.2 Å². The molecule has 10 rings (SSSR count). The highest BCUT2D eigenvalue weighted by Gasteiger charge is 2.18. The van der Waals surface area contributed by atoms with Gasteiger partial charge in [0.2, 0.25) is 0 Å². The molecule has 0 N–H and O–H groups in total. The molecule has 1 heteroatoms. The molecule has 0 aliphatic heterocycles. The van der Waals surface area contributed by atoms with E-state index in [0.717, 1.165) is 71.1 Å². The first-order chi connectivity index (χ1) is 26.0. The molecule has 0 amide bonds. The second-order valence-corrected chi connectivity index (χ2v) is 12.5. The van der Waals surface area contributed by atoms with Crippen LogP contribution >= 0.6 is 0 Å². The molecule has 228 valence electrons. The summed E-state index contributed by atoms with van der Waals surface area (Å²) in [5.74, 6) is 0. The molecule has 0 aliphatic carbocycles. The molecule has 0 fully saturated rings. The lowest BCUT2D eigenvalue weighted by Crippen LogP contribution is -1.91. The summed E-state index contributed by atoms with van der Waals surface area (Å²) < 4.78 is 43.8. The second-order valence-electron chi connectivity index (χ2n) is 12.5. The van der Waals surface area contributed by atoms with Gasteiger partial charge in [0.15, 0.2) is 0 Å². The van der Waals surface area contributed by atoms with Gasteiger partial charge in [0.1, 0.15) is 11.2 Å². The lowest BCUT2D eigenvalue weighted by Gasteiger charge is -2.18. The average Bonchev–Trinajstić information content (AvgIpc) is 3.58. The molecule has 0 aliphatic rings. The molecule has 0 saturated carbocycles. The van der Waals surface area contributed by atoms with Crippen LogP contribution in [0.2, 0.25) is 0 Å². The summed E-state index contributed by atoms with van der Waals surface area (Å²) >= 11 is 0. The summed E-state index contributed by atoms with van der Waals surface area (Å²) in [6.07, 6.45) is 0. The fraction of sp³-hybridized carbons (Fsp3) is 0. The van der Waals surface area contributed by atoms with Crippen molar-refractivity contribution >= 4 is 54.3 Å². The molecular weight excluding hydrogens is 593 g/mol. The van der Waals surface area contributed by atoms with Gasteiger partial charge in [-0.25, -0.2) is 0 Å². The third kappa shape index (κ3) is 4.47. The zero-order chi connectivity index (χ0) is 35.8. The molecule has 0 radical (unpaired) electrons. The van der Waals surface area contributed by atoms with E-state index < -0.39 is 0 Å². The first-order valence-electron chi connectivity index (χ1n) is 18.5. The molecule has 0 saturated heterocycles. The van der Waals surface area contributed by atoms with E-state index in [1.54, 1.807) is 0 Å². The van der Waals surface area contributed by atoms with Crippen molar-refractivity contribution < 1.29 is 9.90 Å². The minimum absolute atomic E-state index is 0.0562. The van der Waals surface area contributed by atoms with Gasteiger partial charge in [0.25, 0.3) is 0 Å². The van der Waals surface area contributed by atoms with E-state index in [4.69, 9.17) is 5.79 Å². The minimum atomic E-state index is -0.208. The van der Waals surface area contributed by atoms with Crippen molar-refractivity contribution in [2.45, 2.75) is 0 Å². The number of benzene rings is 9. The van der Waals surface area contributed by atoms with Crippen LogP contribution in [0.3, 0.4) is 0 Å². The van der Waals surface area contributed by atoms with Crippen molar-refractivity contribution in [1.82, 2.24) is 0 Å². The van der Waals surface area contributed by atoms with Crippen molar-refractivity contribution in [2.75, 3.05) is 0 Å². The summed E-state index contributed by atoms with van der Waals surface area (Å²) in [5, 5.41) is 7.93. The zero-order valence-electron chi connectivity index (χ0n) is 30.4. The van der Waals surface area contributed by atoms with Crippen LogP contribution in [0.15, 0.2) is 186 Å². The summed E-state index contributed by atoms with van der Waals surface area (Å²) in [6.45, 7) is 0. The molecule has 0 bridgehead atoms.